The molecule has 1 N–H and O–H groups in total. The van der Waals surface area contributed by atoms with Crippen LogP contribution in [0.5, 0.6) is 5.75 Å². The molecule has 0 radical (unpaired) electrons. The van der Waals surface area contributed by atoms with Crippen LogP contribution in [0.15, 0.2) is 29.2 Å². The van der Waals surface area contributed by atoms with Gasteiger partial charge in [0.15, 0.2) is 9.84 Å². The van der Waals surface area contributed by atoms with Gasteiger partial charge in [-0.25, -0.2) is 8.42 Å². The number of piperazine rings is 1. The summed E-state index contributed by atoms with van der Waals surface area (Å²) < 4.78 is 29.6. The Kier molecular flexibility index (Phi) is 4.79. The first-order valence-electron chi connectivity index (χ1n) is 6.42. The Bertz CT molecular complexity index is 510. The van der Waals surface area contributed by atoms with E-state index in [1.807, 2.05) is 0 Å². The number of hydrogen-bond donors (Lipinski definition) is 1. The molecule has 0 aromatic heterocycles. The zero-order valence-corrected chi connectivity index (χ0v) is 11.9. The normalized spacial score (nSPS) is 17.3. The van der Waals surface area contributed by atoms with Crippen molar-refractivity contribution in [3.63, 3.8) is 0 Å². The van der Waals surface area contributed by atoms with Crippen molar-refractivity contribution in [2.45, 2.75) is 4.90 Å². The Labute approximate surface area is 114 Å². The summed E-state index contributed by atoms with van der Waals surface area (Å²) in [4.78, 5) is 2.51. The lowest BCUT2D eigenvalue weighted by atomic mass is 10.3. The molecule has 1 heterocycles. The van der Waals surface area contributed by atoms with Gasteiger partial charge in [0.25, 0.3) is 0 Å². The van der Waals surface area contributed by atoms with Crippen LogP contribution in [-0.2, 0) is 9.84 Å². The number of nitrogens with one attached hydrogen (secondary N) is 1. The quantitative estimate of drug-likeness (QED) is 0.847. The molecule has 0 aliphatic carbocycles. The van der Waals surface area contributed by atoms with E-state index in [0.29, 0.717) is 17.2 Å². The summed E-state index contributed by atoms with van der Waals surface area (Å²) in [5.41, 5.74) is 0. The number of benzene rings is 1. The SMILES string of the molecule is COc1cccc(S(=O)(=O)CCN2CCNCC2)c1. The molecule has 0 spiro atoms. The smallest absolute Gasteiger partial charge is 0.179 e. The first-order chi connectivity index (χ1) is 9.12. The van der Waals surface area contributed by atoms with Crippen LogP contribution in [0, 0.1) is 0 Å². The van der Waals surface area contributed by atoms with E-state index < -0.39 is 9.84 Å². The van der Waals surface area contributed by atoms with Gasteiger partial charge >= 0.3 is 0 Å². The monoisotopic (exact) mass is 284 g/mol. The molecule has 2 rings (SSSR count). The van der Waals surface area contributed by atoms with Crippen molar-refractivity contribution in [1.82, 2.24) is 10.2 Å². The van der Waals surface area contributed by atoms with Crippen LogP contribution < -0.4 is 10.1 Å². The fourth-order valence-corrected chi connectivity index (χ4v) is 3.41. The van der Waals surface area contributed by atoms with Crippen LogP contribution >= 0.6 is 0 Å². The molecule has 1 aromatic rings. The van der Waals surface area contributed by atoms with E-state index in [1.54, 1.807) is 24.3 Å². The van der Waals surface area contributed by atoms with E-state index in [4.69, 9.17) is 4.74 Å². The average Bonchev–Trinajstić information content (AvgIpc) is 2.46. The molecule has 0 unspecified atom stereocenters. The highest BCUT2D eigenvalue weighted by Crippen LogP contribution is 2.18. The van der Waals surface area contributed by atoms with E-state index >= 15 is 0 Å². The number of nitrogens with zero attached hydrogens (tertiary/aromatic N) is 1. The highest BCUT2D eigenvalue weighted by Gasteiger charge is 2.18. The van der Waals surface area contributed by atoms with Crippen molar-refractivity contribution in [1.29, 1.82) is 0 Å². The van der Waals surface area contributed by atoms with Gasteiger partial charge in [-0.15, -0.1) is 0 Å². The maximum atomic E-state index is 12.2. The van der Waals surface area contributed by atoms with E-state index in [0.717, 1.165) is 26.2 Å². The Balaban J connectivity index is 2.00. The summed E-state index contributed by atoms with van der Waals surface area (Å²) in [5, 5.41) is 3.25. The predicted molar refractivity (Wildman–Crippen MR) is 74.4 cm³/mol. The molecule has 0 saturated carbocycles. The molecule has 1 aliphatic heterocycles. The summed E-state index contributed by atoms with van der Waals surface area (Å²) in [5.74, 6) is 0.725. The van der Waals surface area contributed by atoms with E-state index in [2.05, 4.69) is 10.2 Å². The minimum absolute atomic E-state index is 0.153. The molecule has 1 fully saturated rings. The molecule has 0 atom stereocenters. The van der Waals surface area contributed by atoms with Crippen molar-refractivity contribution >= 4 is 9.84 Å². The molecule has 6 heteroatoms. The molecule has 106 valence electrons. The third kappa shape index (κ3) is 3.92. The predicted octanol–water partition coefficient (Wildman–Crippen LogP) is 0.374. The third-order valence-electron chi connectivity index (χ3n) is 3.29. The fraction of sp³-hybridized carbons (Fsp3) is 0.538. The largest absolute Gasteiger partial charge is 0.497 e. The van der Waals surface area contributed by atoms with Crippen LogP contribution in [0.2, 0.25) is 0 Å². The van der Waals surface area contributed by atoms with Gasteiger partial charge in [0.05, 0.1) is 17.8 Å². The summed E-state index contributed by atoms with van der Waals surface area (Å²) in [6, 6.07) is 6.65. The number of ether oxygens (including phenoxy) is 1. The molecule has 0 bridgehead atoms. The van der Waals surface area contributed by atoms with Crippen LogP contribution in [-0.4, -0.2) is 58.9 Å². The molecule has 1 aromatic carbocycles. The van der Waals surface area contributed by atoms with Gasteiger partial charge in [-0.3, -0.25) is 4.90 Å². The van der Waals surface area contributed by atoms with Gasteiger partial charge in [0.1, 0.15) is 5.75 Å². The van der Waals surface area contributed by atoms with E-state index in [9.17, 15) is 8.42 Å². The van der Waals surface area contributed by atoms with E-state index in [-0.39, 0.29) is 5.75 Å². The molecular weight excluding hydrogens is 264 g/mol. The molecule has 1 saturated heterocycles. The number of sulfone groups is 1. The standard InChI is InChI=1S/C13H20N2O3S/c1-18-12-3-2-4-13(11-12)19(16,17)10-9-15-7-5-14-6-8-15/h2-4,11,14H,5-10H2,1H3. The Morgan fingerprint density at radius 3 is 2.74 bits per heavy atom. The van der Waals surface area contributed by atoms with Gasteiger partial charge in [-0.05, 0) is 18.2 Å². The van der Waals surface area contributed by atoms with Gasteiger partial charge in [0, 0.05) is 32.7 Å². The number of rotatable bonds is 5. The fourth-order valence-electron chi connectivity index (χ4n) is 2.10. The Hall–Kier alpha value is -1.11. The van der Waals surface area contributed by atoms with Gasteiger partial charge in [-0.1, -0.05) is 6.07 Å². The van der Waals surface area contributed by atoms with Crippen molar-refractivity contribution in [3.8, 4) is 5.75 Å². The maximum Gasteiger partial charge on any atom is 0.179 e. The molecule has 5 nitrogen and oxygen atoms in total. The van der Waals surface area contributed by atoms with Crippen molar-refractivity contribution < 1.29 is 13.2 Å². The minimum Gasteiger partial charge on any atom is -0.497 e. The molecule has 0 amide bonds. The number of hydrogen-bond acceptors (Lipinski definition) is 5. The Morgan fingerprint density at radius 1 is 1.32 bits per heavy atom. The van der Waals surface area contributed by atoms with Gasteiger partial charge < -0.3 is 10.1 Å². The lowest BCUT2D eigenvalue weighted by Crippen LogP contribution is -2.45. The van der Waals surface area contributed by atoms with Crippen LogP contribution in [0.1, 0.15) is 0 Å². The highest BCUT2D eigenvalue weighted by molar-refractivity contribution is 7.91. The lowest BCUT2D eigenvalue weighted by molar-refractivity contribution is 0.254. The third-order valence-corrected chi connectivity index (χ3v) is 4.98. The highest BCUT2D eigenvalue weighted by atomic mass is 32.2. The molecule has 19 heavy (non-hydrogen) atoms. The van der Waals surface area contributed by atoms with Crippen molar-refractivity contribution in [2.75, 3.05) is 45.6 Å². The summed E-state index contributed by atoms with van der Waals surface area (Å²) in [6.45, 7) is 4.26. The zero-order chi connectivity index (χ0) is 13.7. The first-order valence-corrected chi connectivity index (χ1v) is 8.07. The first kappa shape index (κ1) is 14.3. The molecule has 1 aliphatic rings. The van der Waals surface area contributed by atoms with Gasteiger partial charge in [0.2, 0.25) is 0 Å². The van der Waals surface area contributed by atoms with Crippen LogP contribution in [0.3, 0.4) is 0 Å². The summed E-state index contributed by atoms with van der Waals surface area (Å²) in [7, 11) is -1.70. The van der Waals surface area contributed by atoms with Crippen molar-refractivity contribution in [3.05, 3.63) is 24.3 Å². The second-order valence-electron chi connectivity index (χ2n) is 4.59. The summed E-state index contributed by atoms with van der Waals surface area (Å²) >= 11 is 0. The maximum absolute atomic E-state index is 12.2. The summed E-state index contributed by atoms with van der Waals surface area (Å²) in [6.07, 6.45) is 0. The second-order valence-corrected chi connectivity index (χ2v) is 6.70. The topological polar surface area (TPSA) is 58.6 Å². The number of methoxy groups -OCH3 is 1. The van der Waals surface area contributed by atoms with Crippen molar-refractivity contribution in [2.24, 2.45) is 0 Å². The van der Waals surface area contributed by atoms with Gasteiger partial charge in [-0.2, -0.15) is 0 Å². The Morgan fingerprint density at radius 2 is 2.05 bits per heavy atom. The van der Waals surface area contributed by atoms with Crippen LogP contribution in [0.4, 0.5) is 0 Å². The zero-order valence-electron chi connectivity index (χ0n) is 11.1. The van der Waals surface area contributed by atoms with Crippen LogP contribution in [0.25, 0.3) is 0 Å². The molecular formula is C13H20N2O3S. The second kappa shape index (κ2) is 6.36. The van der Waals surface area contributed by atoms with E-state index in [1.165, 1.54) is 7.11 Å². The minimum atomic E-state index is -3.23. The average molecular weight is 284 g/mol. The lowest BCUT2D eigenvalue weighted by Gasteiger charge is -2.26.